The van der Waals surface area contributed by atoms with Gasteiger partial charge in [0.15, 0.2) is 0 Å². The molecule has 20 heavy (non-hydrogen) atoms. The van der Waals surface area contributed by atoms with Gasteiger partial charge in [-0.15, -0.1) is 0 Å². The van der Waals surface area contributed by atoms with Gasteiger partial charge in [-0.05, 0) is 75.5 Å². The first-order valence-electron chi connectivity index (χ1n) is 8.32. The predicted octanol–water partition coefficient (Wildman–Crippen LogP) is 3.43. The molecule has 1 heterocycles. The summed E-state index contributed by atoms with van der Waals surface area (Å²) in [5.74, 6) is 3.06. The highest BCUT2D eigenvalue weighted by molar-refractivity contribution is 5.19. The van der Waals surface area contributed by atoms with Crippen molar-refractivity contribution in [3.05, 3.63) is 17.5 Å². The molecule has 0 amide bonds. The van der Waals surface area contributed by atoms with Crippen LogP contribution in [0.3, 0.4) is 0 Å². The van der Waals surface area contributed by atoms with Crippen LogP contribution in [-0.4, -0.2) is 9.78 Å². The van der Waals surface area contributed by atoms with E-state index in [2.05, 4.69) is 23.6 Å². The van der Waals surface area contributed by atoms with Crippen LogP contribution in [0, 0.1) is 30.1 Å². The van der Waals surface area contributed by atoms with Crippen LogP contribution in [0.1, 0.15) is 62.7 Å². The molecule has 4 fully saturated rings. The van der Waals surface area contributed by atoms with E-state index in [1.54, 1.807) is 0 Å². The van der Waals surface area contributed by atoms with Crippen molar-refractivity contribution in [2.75, 3.05) is 0 Å². The Balaban J connectivity index is 1.60. The normalized spacial score (nSPS) is 40.2. The SMILES string of the molecule is Cc1c(C(C)N)cnn1CC12CC3CC(CC(C3)C1)C2. The van der Waals surface area contributed by atoms with Crippen LogP contribution in [0.2, 0.25) is 0 Å². The van der Waals surface area contributed by atoms with Crippen molar-refractivity contribution in [2.24, 2.45) is 28.9 Å². The molecule has 4 bridgehead atoms. The number of nitrogens with two attached hydrogens (primary N) is 1. The lowest BCUT2D eigenvalue weighted by Gasteiger charge is -2.56. The van der Waals surface area contributed by atoms with Crippen LogP contribution in [0.5, 0.6) is 0 Å². The molecule has 110 valence electrons. The van der Waals surface area contributed by atoms with Crippen molar-refractivity contribution in [3.63, 3.8) is 0 Å². The van der Waals surface area contributed by atoms with Crippen molar-refractivity contribution >= 4 is 0 Å². The molecular formula is C17H27N3. The van der Waals surface area contributed by atoms with E-state index in [9.17, 15) is 0 Å². The maximum absolute atomic E-state index is 6.04. The molecule has 1 aromatic rings. The number of hydrogen-bond acceptors (Lipinski definition) is 2. The molecule has 5 rings (SSSR count). The second-order valence-corrected chi connectivity index (χ2v) is 8.05. The highest BCUT2D eigenvalue weighted by atomic mass is 15.3. The Morgan fingerprint density at radius 3 is 2.25 bits per heavy atom. The minimum atomic E-state index is 0.0973. The van der Waals surface area contributed by atoms with Gasteiger partial charge in [-0.25, -0.2) is 0 Å². The zero-order valence-electron chi connectivity index (χ0n) is 12.8. The average molecular weight is 273 g/mol. The highest BCUT2D eigenvalue weighted by Crippen LogP contribution is 2.60. The first-order valence-corrected chi connectivity index (χ1v) is 8.32. The van der Waals surface area contributed by atoms with Crippen molar-refractivity contribution in [1.29, 1.82) is 0 Å². The summed E-state index contributed by atoms with van der Waals surface area (Å²) in [5.41, 5.74) is 9.10. The lowest BCUT2D eigenvalue weighted by atomic mass is 9.49. The van der Waals surface area contributed by atoms with Crippen molar-refractivity contribution in [3.8, 4) is 0 Å². The summed E-state index contributed by atoms with van der Waals surface area (Å²) in [4.78, 5) is 0. The summed E-state index contributed by atoms with van der Waals surface area (Å²) in [6, 6.07) is 0.0973. The molecule has 0 aliphatic heterocycles. The molecular weight excluding hydrogens is 246 g/mol. The van der Waals surface area contributed by atoms with Gasteiger partial charge >= 0.3 is 0 Å². The van der Waals surface area contributed by atoms with E-state index in [0.717, 1.165) is 24.3 Å². The van der Waals surface area contributed by atoms with Gasteiger partial charge in [0.1, 0.15) is 0 Å². The van der Waals surface area contributed by atoms with Gasteiger partial charge in [-0.2, -0.15) is 5.10 Å². The van der Waals surface area contributed by atoms with E-state index in [-0.39, 0.29) is 6.04 Å². The minimum absolute atomic E-state index is 0.0973. The second-order valence-electron chi connectivity index (χ2n) is 8.05. The quantitative estimate of drug-likeness (QED) is 0.917. The molecule has 1 atom stereocenters. The first-order chi connectivity index (χ1) is 9.55. The third-order valence-corrected chi connectivity index (χ3v) is 6.28. The van der Waals surface area contributed by atoms with Gasteiger partial charge in [0.05, 0.1) is 6.20 Å². The fourth-order valence-corrected chi connectivity index (χ4v) is 5.87. The molecule has 2 N–H and O–H groups in total. The maximum atomic E-state index is 6.04. The predicted molar refractivity (Wildman–Crippen MR) is 80.2 cm³/mol. The zero-order valence-corrected chi connectivity index (χ0v) is 12.8. The Morgan fingerprint density at radius 2 is 1.80 bits per heavy atom. The van der Waals surface area contributed by atoms with E-state index >= 15 is 0 Å². The number of rotatable bonds is 3. The molecule has 0 radical (unpaired) electrons. The molecule has 4 aliphatic carbocycles. The molecule has 3 nitrogen and oxygen atoms in total. The molecule has 1 unspecified atom stereocenters. The summed E-state index contributed by atoms with van der Waals surface area (Å²) >= 11 is 0. The fraction of sp³-hybridized carbons (Fsp3) is 0.824. The van der Waals surface area contributed by atoms with Crippen LogP contribution in [0.4, 0.5) is 0 Å². The van der Waals surface area contributed by atoms with Gasteiger partial charge in [-0.3, -0.25) is 4.68 Å². The third-order valence-electron chi connectivity index (χ3n) is 6.28. The monoisotopic (exact) mass is 273 g/mol. The third kappa shape index (κ3) is 1.93. The summed E-state index contributed by atoms with van der Waals surface area (Å²) < 4.78 is 2.26. The first kappa shape index (κ1) is 12.9. The van der Waals surface area contributed by atoms with Crippen LogP contribution in [0.15, 0.2) is 6.20 Å². The van der Waals surface area contributed by atoms with E-state index < -0.39 is 0 Å². The van der Waals surface area contributed by atoms with Crippen LogP contribution in [-0.2, 0) is 6.54 Å². The number of aromatic nitrogens is 2. The van der Waals surface area contributed by atoms with Gasteiger partial charge in [0.2, 0.25) is 0 Å². The standard InChI is InChI=1S/C17H27N3/c1-11(18)16-9-19-20(12(16)2)10-17-6-13-3-14(7-17)5-15(4-13)8-17/h9,11,13-15H,3-8,10,18H2,1-2H3. The van der Waals surface area contributed by atoms with Gasteiger partial charge in [0, 0.05) is 23.8 Å². The highest BCUT2D eigenvalue weighted by Gasteiger charge is 2.51. The minimum Gasteiger partial charge on any atom is -0.324 e. The Bertz CT molecular complexity index is 479. The topological polar surface area (TPSA) is 43.8 Å². The van der Waals surface area contributed by atoms with E-state index in [1.807, 2.05) is 6.20 Å². The van der Waals surface area contributed by atoms with Crippen molar-refractivity contribution in [1.82, 2.24) is 9.78 Å². The van der Waals surface area contributed by atoms with E-state index in [4.69, 9.17) is 5.73 Å². The van der Waals surface area contributed by atoms with Crippen molar-refractivity contribution < 1.29 is 0 Å². The second kappa shape index (κ2) is 4.33. The van der Waals surface area contributed by atoms with Gasteiger partial charge in [0.25, 0.3) is 0 Å². The average Bonchev–Trinajstić information content (AvgIpc) is 2.68. The molecule has 0 spiro atoms. The summed E-state index contributed by atoms with van der Waals surface area (Å²) in [6.07, 6.45) is 10.9. The number of nitrogens with zero attached hydrogens (tertiary/aromatic N) is 2. The Morgan fingerprint density at radius 1 is 1.25 bits per heavy atom. The summed E-state index contributed by atoms with van der Waals surface area (Å²) in [7, 11) is 0. The van der Waals surface area contributed by atoms with Crippen LogP contribution >= 0.6 is 0 Å². The lowest BCUT2D eigenvalue weighted by Crippen LogP contribution is -2.48. The molecule has 0 aromatic carbocycles. The Hall–Kier alpha value is -0.830. The van der Waals surface area contributed by atoms with Gasteiger partial charge in [-0.1, -0.05) is 0 Å². The van der Waals surface area contributed by atoms with E-state index in [0.29, 0.717) is 5.41 Å². The summed E-state index contributed by atoms with van der Waals surface area (Å²) in [5, 5.41) is 4.65. The lowest BCUT2D eigenvalue weighted by molar-refractivity contribution is -0.0638. The summed E-state index contributed by atoms with van der Waals surface area (Å²) in [6.45, 7) is 5.38. The number of hydrogen-bond donors (Lipinski definition) is 1. The van der Waals surface area contributed by atoms with Crippen LogP contribution < -0.4 is 5.73 Å². The fourth-order valence-electron chi connectivity index (χ4n) is 5.87. The van der Waals surface area contributed by atoms with Crippen LogP contribution in [0.25, 0.3) is 0 Å². The zero-order chi connectivity index (χ0) is 13.9. The molecule has 1 aromatic heterocycles. The molecule has 0 saturated heterocycles. The van der Waals surface area contributed by atoms with Crippen molar-refractivity contribution in [2.45, 2.75) is 65.0 Å². The Labute approximate surface area is 121 Å². The Kier molecular flexibility index (Phi) is 2.79. The van der Waals surface area contributed by atoms with E-state index in [1.165, 1.54) is 49.8 Å². The van der Waals surface area contributed by atoms with Gasteiger partial charge < -0.3 is 5.73 Å². The molecule has 4 saturated carbocycles. The smallest absolute Gasteiger partial charge is 0.0540 e. The largest absolute Gasteiger partial charge is 0.324 e. The maximum Gasteiger partial charge on any atom is 0.0540 e. The molecule has 3 heteroatoms. The molecule has 4 aliphatic rings.